The van der Waals surface area contributed by atoms with Crippen LogP contribution < -0.4 is 5.32 Å². The first-order valence-electron chi connectivity index (χ1n) is 4.93. The van der Waals surface area contributed by atoms with E-state index >= 15 is 0 Å². The maximum Gasteiger partial charge on any atom is 0.105 e. The summed E-state index contributed by atoms with van der Waals surface area (Å²) >= 11 is 0. The summed E-state index contributed by atoms with van der Waals surface area (Å²) in [5.41, 5.74) is 2.14. The average Bonchev–Trinajstić information content (AvgIpc) is 2.79. The molecule has 0 saturated heterocycles. The first kappa shape index (κ1) is 9.98. The molecule has 2 aromatic rings. The number of furan rings is 1. The molecule has 4 heteroatoms. The molecule has 0 aliphatic carbocycles. The second-order valence-electron chi connectivity index (χ2n) is 3.57. The molecule has 0 bridgehead atoms. The van der Waals surface area contributed by atoms with Crippen molar-refractivity contribution < 1.29 is 4.42 Å². The van der Waals surface area contributed by atoms with Gasteiger partial charge in [0.25, 0.3) is 0 Å². The minimum absolute atomic E-state index is 0.102. The molecule has 2 heterocycles. The van der Waals surface area contributed by atoms with Crippen molar-refractivity contribution in [1.82, 2.24) is 15.1 Å². The third-order valence-corrected chi connectivity index (χ3v) is 2.53. The molecule has 0 amide bonds. The van der Waals surface area contributed by atoms with Gasteiger partial charge >= 0.3 is 0 Å². The van der Waals surface area contributed by atoms with Crippen molar-refractivity contribution in [2.45, 2.75) is 13.0 Å². The average molecular weight is 205 g/mol. The van der Waals surface area contributed by atoms with Crippen molar-refractivity contribution in [3.05, 3.63) is 41.6 Å². The molecule has 15 heavy (non-hydrogen) atoms. The van der Waals surface area contributed by atoms with Gasteiger partial charge in [0.15, 0.2) is 0 Å². The van der Waals surface area contributed by atoms with Crippen LogP contribution in [0.4, 0.5) is 0 Å². The molecule has 1 atom stereocenters. The van der Waals surface area contributed by atoms with Gasteiger partial charge in [-0.15, -0.1) is 0 Å². The SMILES string of the molecule is CNC(c1ccn(C)n1)c1ccoc1C. The molecule has 0 aliphatic rings. The van der Waals surface area contributed by atoms with E-state index < -0.39 is 0 Å². The molecule has 2 rings (SSSR count). The van der Waals surface area contributed by atoms with E-state index in [1.54, 1.807) is 10.9 Å². The fourth-order valence-electron chi connectivity index (χ4n) is 1.74. The first-order valence-corrected chi connectivity index (χ1v) is 4.93. The summed E-state index contributed by atoms with van der Waals surface area (Å²) < 4.78 is 7.10. The highest BCUT2D eigenvalue weighted by atomic mass is 16.3. The Hall–Kier alpha value is -1.55. The number of nitrogens with zero attached hydrogens (tertiary/aromatic N) is 2. The normalized spacial score (nSPS) is 13.0. The third-order valence-electron chi connectivity index (χ3n) is 2.53. The molecule has 0 saturated carbocycles. The molecule has 2 aromatic heterocycles. The van der Waals surface area contributed by atoms with Gasteiger partial charge in [0.1, 0.15) is 5.76 Å². The highest BCUT2D eigenvalue weighted by Crippen LogP contribution is 2.23. The monoisotopic (exact) mass is 205 g/mol. The van der Waals surface area contributed by atoms with Crippen molar-refractivity contribution in [1.29, 1.82) is 0 Å². The van der Waals surface area contributed by atoms with Gasteiger partial charge in [-0.1, -0.05) is 0 Å². The van der Waals surface area contributed by atoms with Gasteiger partial charge in [0.05, 0.1) is 18.0 Å². The molecule has 0 spiro atoms. The Bertz CT molecular complexity index is 444. The van der Waals surface area contributed by atoms with Crippen LogP contribution >= 0.6 is 0 Å². The van der Waals surface area contributed by atoms with E-state index in [1.165, 1.54) is 0 Å². The second-order valence-corrected chi connectivity index (χ2v) is 3.57. The smallest absolute Gasteiger partial charge is 0.105 e. The summed E-state index contributed by atoms with van der Waals surface area (Å²) in [4.78, 5) is 0. The van der Waals surface area contributed by atoms with Crippen molar-refractivity contribution in [2.24, 2.45) is 7.05 Å². The van der Waals surface area contributed by atoms with Crippen LogP contribution in [0.5, 0.6) is 0 Å². The second kappa shape index (κ2) is 3.90. The van der Waals surface area contributed by atoms with E-state index in [4.69, 9.17) is 4.42 Å². The summed E-state index contributed by atoms with van der Waals surface area (Å²) in [5, 5.41) is 7.63. The van der Waals surface area contributed by atoms with Gasteiger partial charge in [-0.2, -0.15) is 5.10 Å². The van der Waals surface area contributed by atoms with Gasteiger partial charge in [0.2, 0.25) is 0 Å². The lowest BCUT2D eigenvalue weighted by molar-refractivity contribution is 0.521. The van der Waals surface area contributed by atoms with Gasteiger partial charge in [-0.05, 0) is 26.1 Å². The molecule has 4 nitrogen and oxygen atoms in total. The van der Waals surface area contributed by atoms with Gasteiger partial charge in [-0.25, -0.2) is 0 Å². The Morgan fingerprint density at radius 3 is 2.73 bits per heavy atom. The lowest BCUT2D eigenvalue weighted by Crippen LogP contribution is -2.18. The predicted octanol–water partition coefficient (Wildman–Crippen LogP) is 1.63. The Kier molecular flexibility index (Phi) is 2.60. The highest BCUT2D eigenvalue weighted by molar-refractivity contribution is 5.28. The molecule has 1 unspecified atom stereocenters. The molecule has 0 radical (unpaired) electrons. The van der Waals surface area contributed by atoms with E-state index in [1.807, 2.05) is 39.3 Å². The fourth-order valence-corrected chi connectivity index (χ4v) is 1.74. The predicted molar refractivity (Wildman–Crippen MR) is 57.6 cm³/mol. The van der Waals surface area contributed by atoms with Crippen molar-refractivity contribution in [2.75, 3.05) is 7.05 Å². The van der Waals surface area contributed by atoms with Crippen LogP contribution in [0, 0.1) is 6.92 Å². The standard InChI is InChI=1S/C11H15N3O/c1-8-9(5-7-15-8)11(12-2)10-4-6-14(3)13-10/h4-7,11-12H,1-3H3. The largest absolute Gasteiger partial charge is 0.469 e. The lowest BCUT2D eigenvalue weighted by atomic mass is 10.1. The summed E-state index contributed by atoms with van der Waals surface area (Å²) in [6.45, 7) is 1.96. The molecule has 0 aliphatic heterocycles. The fraction of sp³-hybridized carbons (Fsp3) is 0.364. The molecule has 0 fully saturated rings. The van der Waals surface area contributed by atoms with Crippen LogP contribution in [-0.4, -0.2) is 16.8 Å². The van der Waals surface area contributed by atoms with E-state index in [-0.39, 0.29) is 6.04 Å². The van der Waals surface area contributed by atoms with Crippen LogP contribution in [0.1, 0.15) is 23.1 Å². The van der Waals surface area contributed by atoms with E-state index in [9.17, 15) is 0 Å². The van der Waals surface area contributed by atoms with Crippen LogP contribution in [-0.2, 0) is 7.05 Å². The third kappa shape index (κ3) is 1.80. The van der Waals surface area contributed by atoms with Crippen molar-refractivity contribution >= 4 is 0 Å². The van der Waals surface area contributed by atoms with E-state index in [2.05, 4.69) is 10.4 Å². The highest BCUT2D eigenvalue weighted by Gasteiger charge is 2.17. The summed E-state index contributed by atoms with van der Waals surface area (Å²) in [7, 11) is 3.84. The zero-order valence-electron chi connectivity index (χ0n) is 9.19. The Balaban J connectivity index is 2.36. The zero-order valence-corrected chi connectivity index (χ0v) is 9.19. The molecular formula is C11H15N3O. The minimum atomic E-state index is 0.102. The lowest BCUT2D eigenvalue weighted by Gasteiger charge is -2.12. The number of rotatable bonds is 3. The zero-order chi connectivity index (χ0) is 10.8. The molecule has 80 valence electrons. The van der Waals surface area contributed by atoms with Crippen molar-refractivity contribution in [3.63, 3.8) is 0 Å². The maximum absolute atomic E-state index is 5.30. The molecular weight excluding hydrogens is 190 g/mol. The topological polar surface area (TPSA) is 43.0 Å². The van der Waals surface area contributed by atoms with Gasteiger partial charge < -0.3 is 9.73 Å². The minimum Gasteiger partial charge on any atom is -0.469 e. The molecule has 1 N–H and O–H groups in total. The van der Waals surface area contributed by atoms with Crippen LogP contribution in [0.2, 0.25) is 0 Å². The van der Waals surface area contributed by atoms with E-state index in [0.29, 0.717) is 0 Å². The number of aromatic nitrogens is 2. The van der Waals surface area contributed by atoms with Crippen LogP contribution in [0.3, 0.4) is 0 Å². The maximum atomic E-state index is 5.30. The Morgan fingerprint density at radius 1 is 1.47 bits per heavy atom. The van der Waals surface area contributed by atoms with Crippen LogP contribution in [0.25, 0.3) is 0 Å². The van der Waals surface area contributed by atoms with Crippen LogP contribution in [0.15, 0.2) is 29.0 Å². The van der Waals surface area contributed by atoms with E-state index in [0.717, 1.165) is 17.0 Å². The number of nitrogens with one attached hydrogen (secondary N) is 1. The molecule has 0 aromatic carbocycles. The van der Waals surface area contributed by atoms with Gasteiger partial charge in [0, 0.05) is 18.8 Å². The summed E-state index contributed by atoms with van der Waals surface area (Å²) in [6.07, 6.45) is 3.65. The Labute approximate surface area is 88.9 Å². The number of hydrogen-bond donors (Lipinski definition) is 1. The summed E-state index contributed by atoms with van der Waals surface area (Å²) in [5.74, 6) is 0.931. The first-order chi connectivity index (χ1) is 7.22. The van der Waals surface area contributed by atoms with Crippen molar-refractivity contribution in [3.8, 4) is 0 Å². The number of hydrogen-bond acceptors (Lipinski definition) is 3. The Morgan fingerprint density at radius 2 is 2.27 bits per heavy atom. The summed E-state index contributed by atoms with van der Waals surface area (Å²) in [6, 6.07) is 4.09. The van der Waals surface area contributed by atoms with Gasteiger partial charge in [-0.3, -0.25) is 4.68 Å². The number of aryl methyl sites for hydroxylation is 2. The quantitative estimate of drug-likeness (QED) is 0.828.